The molecule has 0 aromatic carbocycles. The van der Waals surface area contributed by atoms with Crippen molar-refractivity contribution >= 4 is 17.6 Å². The second-order valence-electron chi connectivity index (χ2n) is 4.09. The van der Waals surface area contributed by atoms with E-state index in [1.807, 2.05) is 0 Å². The van der Waals surface area contributed by atoms with Gasteiger partial charge in [0, 0.05) is 0 Å². The molecule has 0 heterocycles. The van der Waals surface area contributed by atoms with Gasteiger partial charge >= 0.3 is 5.97 Å². The largest absolute Gasteiger partial charge is 0.465 e. The normalized spacial score (nSPS) is 14.1. The molecule has 2 nitrogen and oxygen atoms in total. The average Bonchev–Trinajstić information content (AvgIpc) is 1.84. The highest BCUT2D eigenvalue weighted by Gasteiger charge is 2.13. The van der Waals surface area contributed by atoms with Crippen LogP contribution in [0, 0.1) is 5.41 Å². The third kappa shape index (κ3) is 6.47. The lowest BCUT2D eigenvalue weighted by molar-refractivity contribution is -0.143. The molecule has 0 aromatic heterocycles. The minimum absolute atomic E-state index is 0.204. The fourth-order valence-corrected chi connectivity index (χ4v) is 0.636. The molecule has 0 saturated carbocycles. The first kappa shape index (κ1) is 11.8. The number of hydrogen-bond acceptors (Lipinski definition) is 2. The van der Waals surface area contributed by atoms with Gasteiger partial charge in [-0.1, -0.05) is 20.8 Å². The Labute approximate surface area is 79.2 Å². The summed E-state index contributed by atoms with van der Waals surface area (Å²) in [5.41, 5.74) is 0.204. The van der Waals surface area contributed by atoms with Gasteiger partial charge in [-0.2, -0.15) is 0 Å². The topological polar surface area (TPSA) is 26.3 Å². The van der Waals surface area contributed by atoms with E-state index in [-0.39, 0.29) is 11.4 Å². The molecule has 0 N–H and O–H groups in total. The van der Waals surface area contributed by atoms with Gasteiger partial charge in [0.15, 0.2) is 0 Å². The maximum atomic E-state index is 10.9. The van der Waals surface area contributed by atoms with Crippen LogP contribution in [0.2, 0.25) is 0 Å². The van der Waals surface area contributed by atoms with Crippen molar-refractivity contribution in [2.75, 3.05) is 6.61 Å². The first-order chi connectivity index (χ1) is 5.33. The first-order valence-electron chi connectivity index (χ1n) is 4.13. The SMILES string of the molecule is C[C@H](Cl)C(=O)OCCC(C)(C)C. The van der Waals surface area contributed by atoms with Gasteiger partial charge in [-0.05, 0) is 18.8 Å². The predicted octanol–water partition coefficient (Wildman–Crippen LogP) is 2.59. The fourth-order valence-electron chi connectivity index (χ4n) is 0.573. The summed E-state index contributed by atoms with van der Waals surface area (Å²) in [4.78, 5) is 10.9. The van der Waals surface area contributed by atoms with Crippen molar-refractivity contribution < 1.29 is 9.53 Å². The summed E-state index contributed by atoms with van der Waals surface area (Å²) in [5.74, 6) is -0.332. The maximum absolute atomic E-state index is 10.9. The van der Waals surface area contributed by atoms with Gasteiger partial charge in [-0.15, -0.1) is 11.6 Å². The molecule has 0 saturated heterocycles. The summed E-state index contributed by atoms with van der Waals surface area (Å²) in [5, 5.41) is -0.537. The van der Waals surface area contributed by atoms with Gasteiger partial charge < -0.3 is 4.74 Å². The lowest BCUT2D eigenvalue weighted by Gasteiger charge is -2.17. The Morgan fingerprint density at radius 3 is 2.33 bits per heavy atom. The molecule has 0 aliphatic carbocycles. The van der Waals surface area contributed by atoms with Crippen molar-refractivity contribution in [3.05, 3.63) is 0 Å². The van der Waals surface area contributed by atoms with Gasteiger partial charge in [0.05, 0.1) is 6.61 Å². The summed E-state index contributed by atoms with van der Waals surface area (Å²) >= 11 is 5.50. The molecule has 0 amide bonds. The Hall–Kier alpha value is -0.240. The maximum Gasteiger partial charge on any atom is 0.323 e. The molecule has 0 unspecified atom stereocenters. The van der Waals surface area contributed by atoms with Crippen LogP contribution in [0.3, 0.4) is 0 Å². The third-order valence-corrected chi connectivity index (χ3v) is 1.60. The van der Waals surface area contributed by atoms with Crippen molar-refractivity contribution in [3.8, 4) is 0 Å². The third-order valence-electron chi connectivity index (χ3n) is 1.42. The molecule has 0 fully saturated rings. The number of hydrogen-bond donors (Lipinski definition) is 0. The van der Waals surface area contributed by atoms with Crippen molar-refractivity contribution in [1.82, 2.24) is 0 Å². The molecule has 12 heavy (non-hydrogen) atoms. The lowest BCUT2D eigenvalue weighted by atomic mass is 9.93. The van der Waals surface area contributed by atoms with Crippen molar-refractivity contribution in [3.63, 3.8) is 0 Å². The van der Waals surface area contributed by atoms with Crippen LogP contribution in [0.15, 0.2) is 0 Å². The highest BCUT2D eigenvalue weighted by molar-refractivity contribution is 6.29. The zero-order valence-corrected chi connectivity index (χ0v) is 8.94. The average molecular weight is 193 g/mol. The van der Waals surface area contributed by atoms with E-state index in [0.29, 0.717) is 6.61 Å². The second kappa shape index (κ2) is 4.70. The van der Waals surface area contributed by atoms with Crippen LogP contribution < -0.4 is 0 Å². The van der Waals surface area contributed by atoms with E-state index in [1.165, 1.54) is 0 Å². The Bertz CT molecular complexity index is 147. The van der Waals surface area contributed by atoms with Crippen LogP contribution in [-0.4, -0.2) is 18.0 Å². The summed E-state index contributed by atoms with van der Waals surface area (Å²) < 4.78 is 4.91. The van der Waals surface area contributed by atoms with Gasteiger partial charge in [0.2, 0.25) is 0 Å². The van der Waals surface area contributed by atoms with Crippen LogP contribution in [0.4, 0.5) is 0 Å². The van der Waals surface area contributed by atoms with Gasteiger partial charge in [0.1, 0.15) is 5.38 Å². The van der Waals surface area contributed by atoms with Crippen LogP contribution in [0.5, 0.6) is 0 Å². The van der Waals surface area contributed by atoms with Crippen LogP contribution in [0.25, 0.3) is 0 Å². The molecule has 0 spiro atoms. The van der Waals surface area contributed by atoms with Gasteiger partial charge in [-0.25, -0.2) is 0 Å². The summed E-state index contributed by atoms with van der Waals surface area (Å²) in [6.07, 6.45) is 0.863. The smallest absolute Gasteiger partial charge is 0.323 e. The van der Waals surface area contributed by atoms with E-state index in [4.69, 9.17) is 16.3 Å². The highest BCUT2D eigenvalue weighted by Crippen LogP contribution is 2.18. The minimum Gasteiger partial charge on any atom is -0.465 e. The van der Waals surface area contributed by atoms with E-state index >= 15 is 0 Å². The molecule has 0 radical (unpaired) electrons. The Morgan fingerprint density at radius 2 is 2.00 bits per heavy atom. The second-order valence-corrected chi connectivity index (χ2v) is 4.75. The lowest BCUT2D eigenvalue weighted by Crippen LogP contribution is -2.18. The number of alkyl halides is 1. The predicted molar refractivity (Wildman–Crippen MR) is 50.3 cm³/mol. The monoisotopic (exact) mass is 192 g/mol. The fraction of sp³-hybridized carbons (Fsp3) is 0.889. The van der Waals surface area contributed by atoms with Gasteiger partial charge in [0.25, 0.3) is 0 Å². The Balaban J connectivity index is 3.51. The molecule has 0 bridgehead atoms. The molecular formula is C9H17ClO2. The Morgan fingerprint density at radius 1 is 1.50 bits per heavy atom. The molecule has 0 aromatic rings. The number of halogens is 1. The minimum atomic E-state index is -0.537. The number of esters is 1. The quantitative estimate of drug-likeness (QED) is 0.508. The summed E-state index contributed by atoms with van der Waals surface area (Å²) in [6, 6.07) is 0. The van der Waals surface area contributed by atoms with Crippen LogP contribution in [-0.2, 0) is 9.53 Å². The van der Waals surface area contributed by atoms with E-state index in [2.05, 4.69) is 20.8 Å². The molecular weight excluding hydrogens is 176 g/mol. The van der Waals surface area contributed by atoms with E-state index in [9.17, 15) is 4.79 Å². The first-order valence-corrected chi connectivity index (χ1v) is 4.57. The number of ether oxygens (including phenoxy) is 1. The Kier molecular flexibility index (Phi) is 4.61. The standard InChI is InChI=1S/C9H17ClO2/c1-7(10)8(11)12-6-5-9(2,3)4/h7H,5-6H2,1-4H3/t7-/m0/s1. The zero-order valence-electron chi connectivity index (χ0n) is 8.19. The summed E-state index contributed by atoms with van der Waals surface area (Å²) in [7, 11) is 0. The highest BCUT2D eigenvalue weighted by atomic mass is 35.5. The zero-order chi connectivity index (χ0) is 9.78. The van der Waals surface area contributed by atoms with E-state index < -0.39 is 5.38 Å². The molecule has 3 heteroatoms. The number of carbonyl (C=O) groups excluding carboxylic acids is 1. The molecule has 0 aliphatic rings. The molecule has 0 rings (SSSR count). The number of rotatable bonds is 3. The summed E-state index contributed by atoms with van der Waals surface area (Å²) in [6.45, 7) is 8.38. The van der Waals surface area contributed by atoms with Crippen molar-refractivity contribution in [2.24, 2.45) is 5.41 Å². The molecule has 72 valence electrons. The van der Waals surface area contributed by atoms with E-state index in [1.54, 1.807) is 6.92 Å². The van der Waals surface area contributed by atoms with Crippen molar-refractivity contribution in [1.29, 1.82) is 0 Å². The van der Waals surface area contributed by atoms with Crippen LogP contribution >= 0.6 is 11.6 Å². The van der Waals surface area contributed by atoms with Crippen molar-refractivity contribution in [2.45, 2.75) is 39.5 Å². The molecule has 0 aliphatic heterocycles. The van der Waals surface area contributed by atoms with E-state index in [0.717, 1.165) is 6.42 Å². The molecule has 1 atom stereocenters. The number of carbonyl (C=O) groups is 1. The van der Waals surface area contributed by atoms with Gasteiger partial charge in [-0.3, -0.25) is 4.79 Å². The van der Waals surface area contributed by atoms with Crippen LogP contribution in [0.1, 0.15) is 34.1 Å².